The summed E-state index contributed by atoms with van der Waals surface area (Å²) >= 11 is 5.97. The van der Waals surface area contributed by atoms with Crippen molar-refractivity contribution < 1.29 is 0 Å². The number of aromatic nitrogens is 1. The fraction of sp³-hybridized carbons (Fsp3) is 0.615. The van der Waals surface area contributed by atoms with Crippen LogP contribution >= 0.6 is 11.6 Å². The molecule has 0 saturated carbocycles. The first-order valence-electron chi connectivity index (χ1n) is 6.20. The quantitative estimate of drug-likeness (QED) is 0.771. The molecule has 0 bridgehead atoms. The summed E-state index contributed by atoms with van der Waals surface area (Å²) in [5, 5.41) is 0. The summed E-state index contributed by atoms with van der Waals surface area (Å²) in [6.07, 6.45) is 3.74. The third-order valence-electron chi connectivity index (χ3n) is 3.42. The fourth-order valence-corrected chi connectivity index (χ4v) is 2.52. The molecule has 0 N–H and O–H groups in total. The number of alkyl halides is 1. The number of halogens is 1. The summed E-state index contributed by atoms with van der Waals surface area (Å²) in [4.78, 5) is 9.11. The van der Waals surface area contributed by atoms with E-state index in [2.05, 4.69) is 28.6 Å². The molecule has 2 heterocycles. The Balaban J connectivity index is 2.05. The van der Waals surface area contributed by atoms with Crippen LogP contribution in [0.4, 0.5) is 5.69 Å². The Labute approximate surface area is 108 Å². The topological polar surface area (TPSA) is 19.4 Å². The third-order valence-corrected chi connectivity index (χ3v) is 3.70. The smallest absolute Gasteiger partial charge is 0.0598 e. The van der Waals surface area contributed by atoms with E-state index in [0.717, 1.165) is 26.2 Å². The van der Waals surface area contributed by atoms with Gasteiger partial charge in [-0.25, -0.2) is 0 Å². The van der Waals surface area contributed by atoms with Gasteiger partial charge >= 0.3 is 0 Å². The number of rotatable bonds is 3. The Bertz CT molecular complexity index is 359. The summed E-state index contributed by atoms with van der Waals surface area (Å²) in [5.74, 6) is 0.558. The number of anilines is 1. The fourth-order valence-electron chi connectivity index (χ4n) is 2.29. The summed E-state index contributed by atoms with van der Waals surface area (Å²) < 4.78 is 0. The first-order valence-corrected chi connectivity index (χ1v) is 6.73. The van der Waals surface area contributed by atoms with Crippen molar-refractivity contribution in [3.05, 3.63) is 24.0 Å². The maximum absolute atomic E-state index is 5.97. The molecular weight excluding hydrogens is 234 g/mol. The van der Waals surface area contributed by atoms with Gasteiger partial charge in [-0.1, -0.05) is 0 Å². The van der Waals surface area contributed by atoms with Crippen molar-refractivity contribution in [3.8, 4) is 0 Å². The lowest BCUT2D eigenvalue weighted by Gasteiger charge is -2.38. The molecule has 0 aliphatic carbocycles. The van der Waals surface area contributed by atoms with Gasteiger partial charge in [-0.3, -0.25) is 9.88 Å². The normalized spacial score (nSPS) is 17.8. The highest BCUT2D eigenvalue weighted by Gasteiger charge is 2.20. The number of hydrogen-bond acceptors (Lipinski definition) is 3. The standard InChI is InChI=1S/C13H20ClN3/c1-11(2)16-5-7-17(8-6-16)13-10-15-4-3-12(13)9-14/h3-4,10-11H,5-9H2,1-2H3. The van der Waals surface area contributed by atoms with Gasteiger partial charge in [-0.2, -0.15) is 0 Å². The molecule has 1 saturated heterocycles. The molecule has 0 amide bonds. The second-order valence-corrected chi connectivity index (χ2v) is 5.02. The average molecular weight is 254 g/mol. The van der Waals surface area contributed by atoms with E-state index in [1.807, 2.05) is 18.5 Å². The van der Waals surface area contributed by atoms with Gasteiger partial charge in [-0.05, 0) is 25.5 Å². The van der Waals surface area contributed by atoms with Crippen LogP contribution in [0.3, 0.4) is 0 Å². The van der Waals surface area contributed by atoms with Crippen LogP contribution in [0.1, 0.15) is 19.4 Å². The predicted octanol–water partition coefficient (Wildman–Crippen LogP) is 2.35. The molecule has 94 valence electrons. The van der Waals surface area contributed by atoms with Gasteiger partial charge < -0.3 is 4.90 Å². The van der Waals surface area contributed by atoms with Crippen LogP contribution in [-0.2, 0) is 5.88 Å². The number of pyridine rings is 1. The Morgan fingerprint density at radius 1 is 1.29 bits per heavy atom. The second kappa shape index (κ2) is 5.69. The van der Waals surface area contributed by atoms with Crippen LogP contribution in [0.2, 0.25) is 0 Å². The highest BCUT2D eigenvalue weighted by molar-refractivity contribution is 6.17. The SMILES string of the molecule is CC(C)N1CCN(c2cnccc2CCl)CC1. The molecule has 0 aromatic carbocycles. The molecule has 2 rings (SSSR count). The molecule has 1 aliphatic heterocycles. The Morgan fingerprint density at radius 2 is 2.00 bits per heavy atom. The Morgan fingerprint density at radius 3 is 2.59 bits per heavy atom. The van der Waals surface area contributed by atoms with Crippen molar-refractivity contribution in [3.63, 3.8) is 0 Å². The molecular formula is C13H20ClN3. The molecule has 17 heavy (non-hydrogen) atoms. The van der Waals surface area contributed by atoms with Crippen LogP contribution in [0.5, 0.6) is 0 Å². The molecule has 1 fully saturated rings. The molecule has 1 aromatic heterocycles. The van der Waals surface area contributed by atoms with Gasteiger partial charge in [0.15, 0.2) is 0 Å². The summed E-state index contributed by atoms with van der Waals surface area (Å²) in [7, 11) is 0. The zero-order valence-electron chi connectivity index (χ0n) is 10.6. The van der Waals surface area contributed by atoms with Crippen LogP contribution in [-0.4, -0.2) is 42.1 Å². The van der Waals surface area contributed by atoms with Crippen LogP contribution in [0, 0.1) is 0 Å². The molecule has 0 spiro atoms. The molecule has 0 atom stereocenters. The van der Waals surface area contributed by atoms with Gasteiger partial charge in [0.1, 0.15) is 0 Å². The lowest BCUT2D eigenvalue weighted by Crippen LogP contribution is -2.49. The van der Waals surface area contributed by atoms with Crippen molar-refractivity contribution in [2.75, 3.05) is 31.1 Å². The van der Waals surface area contributed by atoms with Gasteiger partial charge in [0.2, 0.25) is 0 Å². The van der Waals surface area contributed by atoms with E-state index in [1.165, 1.54) is 11.3 Å². The van der Waals surface area contributed by atoms with Crippen molar-refractivity contribution in [2.24, 2.45) is 0 Å². The average Bonchev–Trinajstić information content (AvgIpc) is 2.39. The van der Waals surface area contributed by atoms with Crippen molar-refractivity contribution in [2.45, 2.75) is 25.8 Å². The summed E-state index contributed by atoms with van der Waals surface area (Å²) in [5.41, 5.74) is 2.38. The zero-order chi connectivity index (χ0) is 12.3. The van der Waals surface area contributed by atoms with E-state index >= 15 is 0 Å². The molecule has 1 aliphatic rings. The van der Waals surface area contributed by atoms with Crippen molar-refractivity contribution in [1.29, 1.82) is 0 Å². The molecule has 3 nitrogen and oxygen atoms in total. The van der Waals surface area contributed by atoms with Gasteiger partial charge in [-0.15, -0.1) is 11.6 Å². The van der Waals surface area contributed by atoms with Crippen LogP contribution in [0.15, 0.2) is 18.5 Å². The monoisotopic (exact) mass is 253 g/mol. The van der Waals surface area contributed by atoms with Gasteiger partial charge in [0.05, 0.1) is 11.9 Å². The Kier molecular flexibility index (Phi) is 4.24. The number of nitrogens with zero attached hydrogens (tertiary/aromatic N) is 3. The van der Waals surface area contributed by atoms with E-state index in [0.29, 0.717) is 11.9 Å². The van der Waals surface area contributed by atoms with E-state index in [1.54, 1.807) is 0 Å². The lowest BCUT2D eigenvalue weighted by molar-refractivity contribution is 0.209. The Hall–Kier alpha value is -0.800. The van der Waals surface area contributed by atoms with Crippen LogP contribution < -0.4 is 4.90 Å². The maximum Gasteiger partial charge on any atom is 0.0598 e. The van der Waals surface area contributed by atoms with E-state index in [4.69, 9.17) is 11.6 Å². The lowest BCUT2D eigenvalue weighted by atomic mass is 10.2. The molecule has 0 unspecified atom stereocenters. The van der Waals surface area contributed by atoms with Gasteiger partial charge in [0.25, 0.3) is 0 Å². The minimum atomic E-state index is 0.558. The molecule has 1 aromatic rings. The largest absolute Gasteiger partial charge is 0.367 e. The van der Waals surface area contributed by atoms with Crippen molar-refractivity contribution >= 4 is 17.3 Å². The second-order valence-electron chi connectivity index (χ2n) is 4.75. The van der Waals surface area contributed by atoms with Crippen molar-refractivity contribution in [1.82, 2.24) is 9.88 Å². The number of hydrogen-bond donors (Lipinski definition) is 0. The summed E-state index contributed by atoms with van der Waals surface area (Å²) in [6.45, 7) is 8.87. The summed E-state index contributed by atoms with van der Waals surface area (Å²) in [6, 6.07) is 2.65. The first-order chi connectivity index (χ1) is 8.22. The van der Waals surface area contributed by atoms with E-state index in [-0.39, 0.29) is 0 Å². The highest BCUT2D eigenvalue weighted by atomic mass is 35.5. The van der Waals surface area contributed by atoms with Crippen LogP contribution in [0.25, 0.3) is 0 Å². The minimum Gasteiger partial charge on any atom is -0.367 e. The zero-order valence-corrected chi connectivity index (χ0v) is 11.3. The number of piperazine rings is 1. The van der Waals surface area contributed by atoms with Gasteiger partial charge in [0, 0.05) is 44.3 Å². The third kappa shape index (κ3) is 2.90. The van der Waals surface area contributed by atoms with E-state index < -0.39 is 0 Å². The molecule has 4 heteroatoms. The maximum atomic E-state index is 5.97. The van der Waals surface area contributed by atoms with E-state index in [9.17, 15) is 0 Å². The highest BCUT2D eigenvalue weighted by Crippen LogP contribution is 2.22. The molecule has 0 radical (unpaired) electrons. The minimum absolute atomic E-state index is 0.558. The first kappa shape index (κ1) is 12.7. The predicted molar refractivity (Wildman–Crippen MR) is 72.7 cm³/mol.